The Labute approximate surface area is 126 Å². The molecule has 1 amide bonds. The van der Waals surface area contributed by atoms with Crippen LogP contribution in [0.15, 0.2) is 24.3 Å². The van der Waals surface area contributed by atoms with E-state index in [9.17, 15) is 4.79 Å². The van der Waals surface area contributed by atoms with Crippen molar-refractivity contribution >= 4 is 17.5 Å². The van der Waals surface area contributed by atoms with E-state index in [0.717, 1.165) is 12.0 Å². The summed E-state index contributed by atoms with van der Waals surface area (Å²) in [6.07, 6.45) is 1.47. The lowest BCUT2D eigenvalue weighted by Gasteiger charge is -2.19. The summed E-state index contributed by atoms with van der Waals surface area (Å²) in [5, 5.41) is 3.69. The number of hydrogen-bond donors (Lipinski definition) is 2. The van der Waals surface area contributed by atoms with Crippen molar-refractivity contribution in [3.05, 3.63) is 34.9 Å². The van der Waals surface area contributed by atoms with Gasteiger partial charge in [-0.3, -0.25) is 4.79 Å². The van der Waals surface area contributed by atoms with Gasteiger partial charge in [-0.2, -0.15) is 0 Å². The van der Waals surface area contributed by atoms with Gasteiger partial charge in [0.2, 0.25) is 5.91 Å². The zero-order valence-corrected chi connectivity index (χ0v) is 13.3. The minimum Gasteiger partial charge on any atom is -0.350 e. The number of halogens is 1. The highest BCUT2D eigenvalue weighted by atomic mass is 35.5. The van der Waals surface area contributed by atoms with E-state index >= 15 is 0 Å². The van der Waals surface area contributed by atoms with Gasteiger partial charge in [0.05, 0.1) is 6.04 Å². The molecule has 1 aromatic rings. The van der Waals surface area contributed by atoms with Gasteiger partial charge in [0.25, 0.3) is 0 Å². The molecule has 3 N–H and O–H groups in total. The predicted molar refractivity (Wildman–Crippen MR) is 84.6 cm³/mol. The van der Waals surface area contributed by atoms with Crippen molar-refractivity contribution in [1.29, 1.82) is 0 Å². The van der Waals surface area contributed by atoms with Crippen molar-refractivity contribution in [1.82, 2.24) is 5.32 Å². The molecule has 0 heterocycles. The third-order valence-corrected chi connectivity index (χ3v) is 3.57. The third-order valence-electron chi connectivity index (χ3n) is 3.34. The molecule has 0 saturated carbocycles. The molecule has 1 rings (SSSR count). The van der Waals surface area contributed by atoms with Gasteiger partial charge in [0.1, 0.15) is 0 Å². The first kappa shape index (κ1) is 17.0. The number of carbonyl (C=O) groups excluding carboxylic acids is 1. The second-order valence-corrected chi connectivity index (χ2v) is 6.22. The number of amides is 1. The van der Waals surface area contributed by atoms with Crippen LogP contribution in [0.25, 0.3) is 0 Å². The molecule has 0 radical (unpaired) electrons. The summed E-state index contributed by atoms with van der Waals surface area (Å²) in [6, 6.07) is 7.51. The minimum atomic E-state index is -0.0429. The van der Waals surface area contributed by atoms with Crippen molar-refractivity contribution in [3.8, 4) is 0 Å². The van der Waals surface area contributed by atoms with Crippen molar-refractivity contribution in [2.45, 2.75) is 39.7 Å². The first-order valence-electron chi connectivity index (χ1n) is 7.17. The zero-order chi connectivity index (χ0) is 15.1. The fourth-order valence-corrected chi connectivity index (χ4v) is 2.55. The highest BCUT2D eigenvalue weighted by Gasteiger charge is 2.16. The lowest BCUT2D eigenvalue weighted by molar-refractivity contribution is -0.122. The molecule has 0 aliphatic heterocycles. The molecule has 0 aromatic heterocycles. The van der Waals surface area contributed by atoms with E-state index in [1.807, 2.05) is 31.2 Å². The SMILES string of the molecule is CC(C)C[C@H](CN)CC(=O)N[C@@H](C)c1cccc(Cl)c1. The van der Waals surface area contributed by atoms with Gasteiger partial charge in [-0.25, -0.2) is 0 Å². The molecule has 112 valence electrons. The van der Waals surface area contributed by atoms with E-state index in [4.69, 9.17) is 17.3 Å². The number of nitrogens with one attached hydrogen (secondary N) is 1. The van der Waals surface area contributed by atoms with E-state index in [1.54, 1.807) is 0 Å². The van der Waals surface area contributed by atoms with Crippen molar-refractivity contribution in [2.75, 3.05) is 6.54 Å². The molecule has 4 heteroatoms. The molecule has 0 saturated heterocycles. The van der Waals surface area contributed by atoms with Crippen LogP contribution in [0.2, 0.25) is 5.02 Å². The number of rotatable bonds is 7. The molecular weight excluding hydrogens is 272 g/mol. The van der Waals surface area contributed by atoms with Crippen LogP contribution in [0.3, 0.4) is 0 Å². The van der Waals surface area contributed by atoms with Crippen molar-refractivity contribution < 1.29 is 4.79 Å². The van der Waals surface area contributed by atoms with Crippen LogP contribution < -0.4 is 11.1 Å². The fourth-order valence-electron chi connectivity index (χ4n) is 2.35. The van der Waals surface area contributed by atoms with E-state index in [0.29, 0.717) is 23.9 Å². The Hall–Kier alpha value is -1.06. The average Bonchev–Trinajstić information content (AvgIpc) is 2.37. The lowest BCUT2D eigenvalue weighted by atomic mass is 9.94. The van der Waals surface area contributed by atoms with Crippen molar-refractivity contribution in [2.24, 2.45) is 17.6 Å². The molecule has 20 heavy (non-hydrogen) atoms. The van der Waals surface area contributed by atoms with Crippen LogP contribution in [0, 0.1) is 11.8 Å². The molecule has 0 unspecified atom stereocenters. The highest BCUT2D eigenvalue weighted by Crippen LogP contribution is 2.19. The minimum absolute atomic E-state index is 0.0429. The smallest absolute Gasteiger partial charge is 0.220 e. The molecular formula is C16H25ClN2O. The van der Waals surface area contributed by atoms with Crippen LogP contribution in [-0.4, -0.2) is 12.5 Å². The summed E-state index contributed by atoms with van der Waals surface area (Å²) in [5.74, 6) is 0.858. The molecule has 1 aromatic carbocycles. The van der Waals surface area contributed by atoms with Crippen LogP contribution in [0.4, 0.5) is 0 Å². The maximum absolute atomic E-state index is 12.1. The predicted octanol–water partition coefficient (Wildman–Crippen LogP) is 3.53. The monoisotopic (exact) mass is 296 g/mol. The Balaban J connectivity index is 2.53. The molecule has 0 fully saturated rings. The number of carbonyl (C=O) groups is 1. The molecule has 3 nitrogen and oxygen atoms in total. The summed E-state index contributed by atoms with van der Waals surface area (Å²) < 4.78 is 0. The molecule has 0 aliphatic rings. The highest BCUT2D eigenvalue weighted by molar-refractivity contribution is 6.30. The van der Waals surface area contributed by atoms with Gasteiger partial charge < -0.3 is 11.1 Å². The Morgan fingerprint density at radius 1 is 1.35 bits per heavy atom. The molecule has 2 atom stereocenters. The Bertz CT molecular complexity index is 434. The van der Waals surface area contributed by atoms with Crippen molar-refractivity contribution in [3.63, 3.8) is 0 Å². The van der Waals surface area contributed by atoms with Gasteiger partial charge in [-0.05, 0) is 49.4 Å². The Morgan fingerprint density at radius 3 is 2.60 bits per heavy atom. The second kappa shape index (κ2) is 8.28. The standard InChI is InChI=1S/C16H25ClN2O/c1-11(2)7-13(10-18)8-16(20)19-12(3)14-5-4-6-15(17)9-14/h4-6,9,11-13H,7-8,10,18H2,1-3H3,(H,19,20)/t12-,13-/m0/s1. The summed E-state index contributed by atoms with van der Waals surface area (Å²) in [5.41, 5.74) is 6.75. The van der Waals surface area contributed by atoms with Gasteiger partial charge >= 0.3 is 0 Å². The van der Waals surface area contributed by atoms with Crippen LogP contribution in [-0.2, 0) is 4.79 Å². The maximum atomic E-state index is 12.1. The van der Waals surface area contributed by atoms with Gasteiger partial charge in [0, 0.05) is 11.4 Å². The molecule has 0 spiro atoms. The van der Waals surface area contributed by atoms with E-state index in [-0.39, 0.29) is 17.9 Å². The summed E-state index contributed by atoms with van der Waals surface area (Å²) in [7, 11) is 0. The normalized spacial score (nSPS) is 14.1. The van der Waals surface area contributed by atoms with Crippen LogP contribution >= 0.6 is 11.6 Å². The molecule has 0 bridgehead atoms. The zero-order valence-electron chi connectivity index (χ0n) is 12.5. The summed E-state index contributed by atoms with van der Waals surface area (Å²) in [6.45, 7) is 6.81. The van der Waals surface area contributed by atoms with Crippen LogP contribution in [0.5, 0.6) is 0 Å². The molecule has 0 aliphatic carbocycles. The van der Waals surface area contributed by atoms with Gasteiger partial charge in [-0.15, -0.1) is 0 Å². The number of benzene rings is 1. The number of hydrogen-bond acceptors (Lipinski definition) is 2. The van der Waals surface area contributed by atoms with Crippen LogP contribution in [0.1, 0.15) is 45.2 Å². The average molecular weight is 297 g/mol. The van der Waals surface area contributed by atoms with E-state index in [1.165, 1.54) is 0 Å². The quantitative estimate of drug-likeness (QED) is 0.809. The Kier molecular flexibility index (Phi) is 7.03. The number of nitrogens with two attached hydrogens (primary N) is 1. The van der Waals surface area contributed by atoms with E-state index < -0.39 is 0 Å². The van der Waals surface area contributed by atoms with Gasteiger partial charge in [-0.1, -0.05) is 37.6 Å². The summed E-state index contributed by atoms with van der Waals surface area (Å²) in [4.78, 5) is 12.1. The second-order valence-electron chi connectivity index (χ2n) is 5.78. The fraction of sp³-hybridized carbons (Fsp3) is 0.562. The third kappa shape index (κ3) is 5.93. The topological polar surface area (TPSA) is 55.1 Å². The summed E-state index contributed by atoms with van der Waals surface area (Å²) >= 11 is 5.96. The first-order valence-corrected chi connectivity index (χ1v) is 7.55. The van der Waals surface area contributed by atoms with E-state index in [2.05, 4.69) is 19.2 Å². The Morgan fingerprint density at radius 2 is 2.05 bits per heavy atom. The maximum Gasteiger partial charge on any atom is 0.220 e. The first-order chi connectivity index (χ1) is 9.42. The largest absolute Gasteiger partial charge is 0.350 e. The van der Waals surface area contributed by atoms with Gasteiger partial charge in [0.15, 0.2) is 0 Å². The lowest BCUT2D eigenvalue weighted by Crippen LogP contribution is -2.30.